The molecule has 0 aliphatic carbocycles. The van der Waals surface area contributed by atoms with Crippen molar-refractivity contribution >= 4 is 17.7 Å². The van der Waals surface area contributed by atoms with Crippen molar-refractivity contribution in [2.75, 3.05) is 18.5 Å². The summed E-state index contributed by atoms with van der Waals surface area (Å²) in [7, 11) is 1.53. The van der Waals surface area contributed by atoms with Crippen LogP contribution in [0, 0.1) is 19.3 Å². The van der Waals surface area contributed by atoms with Gasteiger partial charge in [-0.1, -0.05) is 0 Å². The maximum atomic E-state index is 12.0. The minimum absolute atomic E-state index is 0.0948. The Labute approximate surface area is 117 Å². The lowest BCUT2D eigenvalue weighted by Crippen LogP contribution is -2.46. The van der Waals surface area contributed by atoms with Crippen molar-refractivity contribution in [2.24, 2.45) is 0 Å². The Morgan fingerprint density at radius 3 is 2.55 bits per heavy atom. The molecule has 0 aromatic heterocycles. The zero-order chi connectivity index (χ0) is 15.4. The zero-order valence-electron chi connectivity index (χ0n) is 12.0. The van der Waals surface area contributed by atoms with Crippen LogP contribution in [0.4, 0.5) is 10.5 Å². The first-order valence-electron chi connectivity index (χ1n) is 6.18. The second kappa shape index (κ2) is 6.14. The molecule has 2 amide bonds. The van der Waals surface area contributed by atoms with E-state index in [2.05, 4.69) is 10.6 Å². The quantitative estimate of drug-likeness (QED) is 0.320. The molecule has 0 bridgehead atoms. The summed E-state index contributed by atoms with van der Waals surface area (Å²) < 4.78 is 0. The fraction of sp³-hybridized carbons (Fsp3) is 0.385. The van der Waals surface area contributed by atoms with Gasteiger partial charge >= 0.3 is 6.03 Å². The molecule has 1 aromatic carbocycles. The van der Waals surface area contributed by atoms with Crippen LogP contribution in [0.15, 0.2) is 6.07 Å². The summed E-state index contributed by atoms with van der Waals surface area (Å²) in [6.07, 6.45) is 0. The van der Waals surface area contributed by atoms with Crippen LogP contribution in [-0.4, -0.2) is 35.8 Å². The highest BCUT2D eigenvalue weighted by Gasteiger charge is 2.20. The Morgan fingerprint density at radius 1 is 1.40 bits per heavy atom. The number of guanidine groups is 1. The summed E-state index contributed by atoms with van der Waals surface area (Å²) in [5, 5.41) is 31.8. The molecule has 5 N–H and O–H groups in total. The lowest BCUT2D eigenvalue weighted by Gasteiger charge is -2.23. The molecule has 0 radical (unpaired) electrons. The summed E-state index contributed by atoms with van der Waals surface area (Å²) in [6.45, 7) is 5.68. The van der Waals surface area contributed by atoms with Gasteiger partial charge in [0.05, 0.1) is 5.69 Å². The summed E-state index contributed by atoms with van der Waals surface area (Å²) in [5.74, 6) is -0.576. The Morgan fingerprint density at radius 2 is 2.00 bits per heavy atom. The number of aromatic hydroxyl groups is 2. The minimum Gasteiger partial charge on any atom is -0.504 e. The number of nitrogens with one attached hydrogen (secondary N) is 3. The molecule has 110 valence electrons. The number of phenols is 2. The molecule has 7 heteroatoms. The zero-order valence-corrected chi connectivity index (χ0v) is 12.0. The van der Waals surface area contributed by atoms with Crippen molar-refractivity contribution in [1.29, 1.82) is 5.41 Å². The topological polar surface area (TPSA) is 109 Å². The van der Waals surface area contributed by atoms with Crippen LogP contribution in [0.5, 0.6) is 11.5 Å². The average molecular weight is 280 g/mol. The molecule has 1 aromatic rings. The van der Waals surface area contributed by atoms with Gasteiger partial charge < -0.3 is 15.5 Å². The summed E-state index contributed by atoms with van der Waals surface area (Å²) >= 11 is 0. The van der Waals surface area contributed by atoms with E-state index in [1.807, 2.05) is 6.92 Å². The van der Waals surface area contributed by atoms with Gasteiger partial charge in [0.1, 0.15) is 0 Å². The van der Waals surface area contributed by atoms with E-state index in [4.69, 9.17) is 5.41 Å². The molecule has 0 fully saturated rings. The van der Waals surface area contributed by atoms with Crippen molar-refractivity contribution in [3.63, 3.8) is 0 Å². The van der Waals surface area contributed by atoms with Crippen LogP contribution in [0.2, 0.25) is 0 Å². The summed E-state index contributed by atoms with van der Waals surface area (Å²) in [6, 6.07) is 0.879. The Bertz CT molecular complexity index is 543. The van der Waals surface area contributed by atoms with Crippen LogP contribution in [0.1, 0.15) is 18.1 Å². The van der Waals surface area contributed by atoms with Crippen molar-refractivity contribution in [1.82, 2.24) is 10.6 Å². The van der Waals surface area contributed by atoms with E-state index in [-0.39, 0.29) is 17.5 Å². The molecule has 1 rings (SSSR count). The fourth-order valence-corrected chi connectivity index (χ4v) is 1.97. The number of rotatable bonds is 2. The SMILES string of the molecule is CCNC(=N)NC(=O)N(C)c1c(C)cc(O)c(O)c1C. The monoisotopic (exact) mass is 280 g/mol. The molecule has 0 aliphatic rings. The highest BCUT2D eigenvalue weighted by Crippen LogP contribution is 2.37. The number of aryl methyl sites for hydroxylation is 1. The second-order valence-corrected chi connectivity index (χ2v) is 4.43. The third-order valence-corrected chi connectivity index (χ3v) is 2.91. The molecule has 0 spiro atoms. The molecule has 0 unspecified atom stereocenters. The standard InChI is InChI=1S/C13H20N4O3/c1-5-15-12(14)16-13(20)17(4)10-7(2)6-9(18)11(19)8(10)3/h6,18-19H,5H2,1-4H3,(H3,14,15,16,20). The summed E-state index contributed by atoms with van der Waals surface area (Å²) in [4.78, 5) is 13.3. The van der Waals surface area contributed by atoms with Gasteiger partial charge in [0, 0.05) is 19.2 Å². The van der Waals surface area contributed by atoms with E-state index in [1.54, 1.807) is 13.8 Å². The van der Waals surface area contributed by atoms with Crippen molar-refractivity contribution in [3.8, 4) is 11.5 Å². The largest absolute Gasteiger partial charge is 0.504 e. The lowest BCUT2D eigenvalue weighted by atomic mass is 10.1. The van der Waals surface area contributed by atoms with Gasteiger partial charge in [-0.2, -0.15) is 0 Å². The third kappa shape index (κ3) is 3.11. The predicted molar refractivity (Wildman–Crippen MR) is 77.6 cm³/mol. The number of carbonyl (C=O) groups is 1. The van der Waals surface area contributed by atoms with Crippen LogP contribution in [0.25, 0.3) is 0 Å². The molecular formula is C13H20N4O3. The van der Waals surface area contributed by atoms with Crippen LogP contribution >= 0.6 is 0 Å². The summed E-state index contributed by atoms with van der Waals surface area (Å²) in [5.41, 5.74) is 1.53. The molecule has 0 atom stereocenters. The maximum Gasteiger partial charge on any atom is 0.328 e. The van der Waals surface area contributed by atoms with Gasteiger partial charge in [-0.25, -0.2) is 4.79 Å². The van der Waals surface area contributed by atoms with Gasteiger partial charge in [-0.05, 0) is 32.4 Å². The van der Waals surface area contributed by atoms with E-state index in [9.17, 15) is 15.0 Å². The number of nitrogens with zero attached hydrogens (tertiary/aromatic N) is 1. The minimum atomic E-state index is -0.507. The van der Waals surface area contributed by atoms with Gasteiger partial charge in [0.2, 0.25) is 0 Å². The van der Waals surface area contributed by atoms with Crippen LogP contribution in [0.3, 0.4) is 0 Å². The maximum absolute atomic E-state index is 12.0. The van der Waals surface area contributed by atoms with Gasteiger partial charge in [-0.3, -0.25) is 15.6 Å². The molecule has 7 nitrogen and oxygen atoms in total. The number of hydrogen-bond acceptors (Lipinski definition) is 4. The lowest BCUT2D eigenvalue weighted by molar-refractivity contribution is 0.251. The average Bonchev–Trinajstić information content (AvgIpc) is 2.36. The van der Waals surface area contributed by atoms with E-state index in [0.717, 1.165) is 0 Å². The third-order valence-electron chi connectivity index (χ3n) is 2.91. The smallest absolute Gasteiger partial charge is 0.328 e. The molecule has 0 heterocycles. The number of anilines is 1. The first-order chi connectivity index (χ1) is 9.29. The number of amides is 2. The predicted octanol–water partition coefficient (Wildman–Crippen LogP) is 1.40. The first kappa shape index (κ1) is 15.6. The Hall–Kier alpha value is -2.44. The molecule has 20 heavy (non-hydrogen) atoms. The van der Waals surface area contributed by atoms with E-state index in [0.29, 0.717) is 23.4 Å². The number of carbonyl (C=O) groups excluding carboxylic acids is 1. The van der Waals surface area contributed by atoms with Crippen molar-refractivity contribution in [2.45, 2.75) is 20.8 Å². The highest BCUT2D eigenvalue weighted by molar-refractivity contribution is 6.03. The van der Waals surface area contributed by atoms with E-state index in [1.165, 1.54) is 18.0 Å². The second-order valence-electron chi connectivity index (χ2n) is 4.43. The fourth-order valence-electron chi connectivity index (χ4n) is 1.97. The van der Waals surface area contributed by atoms with Gasteiger partial charge in [0.25, 0.3) is 0 Å². The van der Waals surface area contributed by atoms with Gasteiger partial charge in [0.15, 0.2) is 17.5 Å². The Kier molecular flexibility index (Phi) is 4.79. The van der Waals surface area contributed by atoms with E-state index < -0.39 is 6.03 Å². The number of phenolic OH excluding ortho intramolecular Hbond substituents is 2. The highest BCUT2D eigenvalue weighted by atomic mass is 16.3. The van der Waals surface area contributed by atoms with E-state index >= 15 is 0 Å². The molecule has 0 aliphatic heterocycles. The molecule has 0 saturated carbocycles. The Balaban J connectivity index is 3.03. The first-order valence-corrected chi connectivity index (χ1v) is 6.18. The van der Waals surface area contributed by atoms with Crippen LogP contribution in [-0.2, 0) is 0 Å². The number of benzene rings is 1. The molecular weight excluding hydrogens is 260 g/mol. The molecule has 0 saturated heterocycles. The van der Waals surface area contributed by atoms with Gasteiger partial charge in [-0.15, -0.1) is 0 Å². The normalized spacial score (nSPS) is 10.0. The van der Waals surface area contributed by atoms with Crippen molar-refractivity contribution in [3.05, 3.63) is 17.2 Å². The van der Waals surface area contributed by atoms with Crippen molar-refractivity contribution < 1.29 is 15.0 Å². The number of urea groups is 1. The number of hydrogen-bond donors (Lipinski definition) is 5. The van der Waals surface area contributed by atoms with Crippen LogP contribution < -0.4 is 15.5 Å².